The van der Waals surface area contributed by atoms with Gasteiger partial charge in [-0.3, -0.25) is 0 Å². The number of aryl methyl sites for hydroxylation is 2. The highest BCUT2D eigenvalue weighted by Gasteiger charge is 2.25. The Morgan fingerprint density at radius 2 is 1.76 bits per heavy atom. The minimum Gasteiger partial charge on any atom is -0.449 e. The predicted molar refractivity (Wildman–Crippen MR) is 123 cm³/mol. The third kappa shape index (κ3) is 4.57. The molecule has 0 amide bonds. The van der Waals surface area contributed by atoms with E-state index in [-0.39, 0.29) is 0 Å². The molecule has 4 aromatic rings. The Kier molecular flexibility index (Phi) is 6.06. The van der Waals surface area contributed by atoms with E-state index in [1.807, 2.05) is 18.2 Å². The molecule has 2 nitrogen and oxygen atoms in total. The van der Waals surface area contributed by atoms with Gasteiger partial charge < -0.3 is 4.74 Å². The molecule has 1 heterocycles. The van der Waals surface area contributed by atoms with E-state index in [1.54, 1.807) is 11.3 Å². The fourth-order valence-corrected chi connectivity index (χ4v) is 4.54. The molecular weight excluding hydrogens is 374 g/mol. The van der Waals surface area contributed by atoms with Crippen LogP contribution < -0.4 is 9.30 Å². The summed E-state index contributed by atoms with van der Waals surface area (Å²) in [6, 6.07) is 27.3. The molecule has 0 fully saturated rings. The van der Waals surface area contributed by atoms with Crippen LogP contribution in [0, 0.1) is 6.92 Å². The molecule has 4 rings (SSSR count). The first-order valence-corrected chi connectivity index (χ1v) is 11.0. The summed E-state index contributed by atoms with van der Waals surface area (Å²) in [5.74, 6) is 1.76. The van der Waals surface area contributed by atoms with E-state index in [1.165, 1.54) is 15.8 Å². The zero-order valence-electron chi connectivity index (χ0n) is 17.0. The van der Waals surface area contributed by atoms with Crippen molar-refractivity contribution in [2.24, 2.45) is 0 Å². The molecule has 146 valence electrons. The molecule has 3 heteroatoms. The quantitative estimate of drug-likeness (QED) is 0.244. The van der Waals surface area contributed by atoms with Gasteiger partial charge in [-0.1, -0.05) is 79.3 Å². The second kappa shape index (κ2) is 9.06. The number of nitrogens with zero attached hydrogens (tertiary/aromatic N) is 1. The van der Waals surface area contributed by atoms with E-state index >= 15 is 0 Å². The van der Waals surface area contributed by atoms with Crippen LogP contribution in [0.25, 0.3) is 22.1 Å². The molecule has 0 bridgehead atoms. The Balaban J connectivity index is 1.85. The van der Waals surface area contributed by atoms with Crippen molar-refractivity contribution in [1.29, 1.82) is 0 Å². The Bertz CT molecular complexity index is 1130. The van der Waals surface area contributed by atoms with Gasteiger partial charge in [-0.15, -0.1) is 0 Å². The number of rotatable bonds is 7. The summed E-state index contributed by atoms with van der Waals surface area (Å²) in [6.07, 6.45) is 4.45. The molecule has 0 saturated carbocycles. The molecule has 0 aliphatic heterocycles. The highest BCUT2D eigenvalue weighted by atomic mass is 32.1. The summed E-state index contributed by atoms with van der Waals surface area (Å²) in [5.41, 5.74) is 3.60. The normalized spacial score (nSPS) is 11.7. The van der Waals surface area contributed by atoms with Gasteiger partial charge in [0.25, 0.3) is 0 Å². The first kappa shape index (κ1) is 19.4. The average Bonchev–Trinajstić information content (AvgIpc) is 3.11. The second-order valence-corrected chi connectivity index (χ2v) is 8.25. The fourth-order valence-electron chi connectivity index (χ4n) is 3.40. The smallest absolute Gasteiger partial charge is 0.306 e. The Morgan fingerprint density at radius 1 is 0.966 bits per heavy atom. The molecule has 3 aromatic carbocycles. The number of hydrogen-bond acceptors (Lipinski definition) is 2. The maximum Gasteiger partial charge on any atom is 0.306 e. The van der Waals surface area contributed by atoms with Crippen LogP contribution >= 0.6 is 11.3 Å². The molecule has 0 radical (unpaired) electrons. The molecule has 1 aromatic heterocycles. The van der Waals surface area contributed by atoms with Crippen molar-refractivity contribution in [2.75, 3.05) is 0 Å². The van der Waals surface area contributed by atoms with Gasteiger partial charge in [0.2, 0.25) is 11.3 Å². The highest BCUT2D eigenvalue weighted by molar-refractivity contribution is 7.19. The number of aromatic nitrogens is 1. The van der Waals surface area contributed by atoms with Crippen molar-refractivity contribution < 1.29 is 9.30 Å². The molecule has 29 heavy (non-hydrogen) atoms. The number of ether oxygens (including phenoxy) is 1. The van der Waals surface area contributed by atoms with Gasteiger partial charge in [0.1, 0.15) is 10.4 Å². The molecule has 0 spiro atoms. The van der Waals surface area contributed by atoms with Crippen molar-refractivity contribution >= 4 is 33.4 Å². The molecule has 0 saturated heterocycles. The van der Waals surface area contributed by atoms with Gasteiger partial charge in [-0.2, -0.15) is 4.57 Å². The number of para-hydroxylation sites is 1. The monoisotopic (exact) mass is 400 g/mol. The lowest BCUT2D eigenvalue weighted by molar-refractivity contribution is -0.670. The molecule has 0 N–H and O–H groups in total. The van der Waals surface area contributed by atoms with E-state index in [0.717, 1.165) is 41.5 Å². The van der Waals surface area contributed by atoms with E-state index in [0.29, 0.717) is 0 Å². The number of fused-ring (bicyclic) bond motifs is 1. The van der Waals surface area contributed by atoms with Crippen LogP contribution in [0.1, 0.15) is 35.9 Å². The Hall–Kier alpha value is -2.91. The second-order valence-electron chi connectivity index (χ2n) is 7.22. The number of hydrogen-bond donors (Lipinski definition) is 0. The van der Waals surface area contributed by atoms with Crippen molar-refractivity contribution in [3.05, 3.63) is 95.0 Å². The van der Waals surface area contributed by atoms with Gasteiger partial charge in [-0.05, 0) is 42.3 Å². The van der Waals surface area contributed by atoms with Crippen LogP contribution in [0.2, 0.25) is 0 Å². The van der Waals surface area contributed by atoms with Crippen LogP contribution in [0.15, 0.2) is 78.9 Å². The van der Waals surface area contributed by atoms with E-state index < -0.39 is 0 Å². The third-order valence-corrected chi connectivity index (χ3v) is 6.05. The third-order valence-electron chi connectivity index (χ3n) is 4.87. The number of thiazole rings is 1. The zero-order valence-corrected chi connectivity index (χ0v) is 17.8. The summed E-state index contributed by atoms with van der Waals surface area (Å²) in [7, 11) is 0. The topological polar surface area (TPSA) is 13.1 Å². The lowest BCUT2D eigenvalue weighted by Gasteiger charge is -2.09. The Morgan fingerprint density at radius 3 is 2.55 bits per heavy atom. The highest BCUT2D eigenvalue weighted by Crippen LogP contribution is 2.30. The molecule has 0 unspecified atom stereocenters. The van der Waals surface area contributed by atoms with E-state index in [2.05, 4.69) is 85.2 Å². The SMILES string of the molecule is CCCC[n+]1c(C(=Cc2ccccc2)Oc2cccc(C)c2)sc2ccccc21. The summed E-state index contributed by atoms with van der Waals surface area (Å²) < 4.78 is 10.2. The van der Waals surface area contributed by atoms with Crippen molar-refractivity contribution in [3.8, 4) is 5.75 Å². The zero-order chi connectivity index (χ0) is 20.1. The molecule has 0 aliphatic carbocycles. The maximum atomic E-state index is 6.49. The number of unbranched alkanes of at least 4 members (excludes halogenated alkanes) is 1. The van der Waals surface area contributed by atoms with Crippen molar-refractivity contribution in [1.82, 2.24) is 0 Å². The number of benzene rings is 3. The summed E-state index contributed by atoms with van der Waals surface area (Å²) in [4.78, 5) is 0. The lowest BCUT2D eigenvalue weighted by atomic mass is 10.2. The standard InChI is InChI=1S/C26H26NOS/c1-3-4-17-27-23-15-8-9-16-25(23)29-26(27)24(19-21-12-6-5-7-13-21)28-22-14-10-11-20(2)18-22/h5-16,18-19H,3-4,17H2,1-2H3/q+1. The minimum atomic E-state index is 0.867. The van der Waals surface area contributed by atoms with Gasteiger partial charge in [-0.25, -0.2) is 0 Å². The summed E-state index contributed by atoms with van der Waals surface area (Å²) >= 11 is 1.79. The first-order chi connectivity index (χ1) is 14.2. The fraction of sp³-hybridized carbons (Fsp3) is 0.192. The molecular formula is C26H26NOS+. The van der Waals surface area contributed by atoms with Crippen LogP contribution in [0.3, 0.4) is 0 Å². The lowest BCUT2D eigenvalue weighted by Crippen LogP contribution is -2.36. The van der Waals surface area contributed by atoms with E-state index in [4.69, 9.17) is 4.74 Å². The summed E-state index contributed by atoms with van der Waals surface area (Å²) in [6.45, 7) is 5.31. The van der Waals surface area contributed by atoms with Crippen LogP contribution in [0.5, 0.6) is 5.75 Å². The predicted octanol–water partition coefficient (Wildman–Crippen LogP) is 6.87. The van der Waals surface area contributed by atoms with Gasteiger partial charge in [0.05, 0.1) is 0 Å². The summed E-state index contributed by atoms with van der Waals surface area (Å²) in [5, 5.41) is 1.16. The van der Waals surface area contributed by atoms with Crippen LogP contribution in [-0.2, 0) is 6.54 Å². The van der Waals surface area contributed by atoms with Crippen molar-refractivity contribution in [3.63, 3.8) is 0 Å². The van der Waals surface area contributed by atoms with E-state index in [9.17, 15) is 0 Å². The Labute approximate surface area is 176 Å². The van der Waals surface area contributed by atoms with Gasteiger partial charge >= 0.3 is 5.01 Å². The largest absolute Gasteiger partial charge is 0.449 e. The van der Waals surface area contributed by atoms with Crippen LogP contribution in [-0.4, -0.2) is 0 Å². The van der Waals surface area contributed by atoms with Gasteiger partial charge in [0, 0.05) is 12.5 Å². The average molecular weight is 401 g/mol. The molecule has 0 atom stereocenters. The van der Waals surface area contributed by atoms with Crippen molar-refractivity contribution in [2.45, 2.75) is 33.2 Å². The first-order valence-electron chi connectivity index (χ1n) is 10.2. The van der Waals surface area contributed by atoms with Crippen LogP contribution in [0.4, 0.5) is 0 Å². The maximum absolute atomic E-state index is 6.49. The minimum absolute atomic E-state index is 0.867. The van der Waals surface area contributed by atoms with Gasteiger partial charge in [0.15, 0.2) is 6.54 Å². The molecule has 0 aliphatic rings.